The molecule has 0 fully saturated rings. The molecule has 0 aliphatic heterocycles. The molecule has 7 heteroatoms. The summed E-state index contributed by atoms with van der Waals surface area (Å²) in [6, 6.07) is -1.06. The normalized spacial score (nSPS) is 10.5. The van der Waals surface area contributed by atoms with E-state index in [4.69, 9.17) is 21.1 Å². The summed E-state index contributed by atoms with van der Waals surface area (Å²) in [7, 11) is 0. The third-order valence-corrected chi connectivity index (χ3v) is 1.16. The maximum atomic E-state index is 9.99. The zero-order valence-corrected chi connectivity index (χ0v) is 7.92. The van der Waals surface area contributed by atoms with Crippen LogP contribution in [0.1, 0.15) is 12.8 Å². The molecule has 0 saturated heterocycles. The fourth-order valence-corrected chi connectivity index (χ4v) is 0.402. The molecule has 0 aliphatic rings. The molecular weight excluding hydrogens is 206 g/mol. The summed E-state index contributed by atoms with van der Waals surface area (Å²) in [5.74, 6) is -3.18. The van der Waals surface area contributed by atoms with Crippen molar-refractivity contribution < 1.29 is 29.7 Å². The first-order valence-electron chi connectivity index (χ1n) is 3.86. The molecule has 0 aromatic heterocycles. The topological polar surface area (TPSA) is 138 Å². The number of hydrogen-bond acceptors (Lipinski definition) is 4. The van der Waals surface area contributed by atoms with Crippen LogP contribution in [0.4, 0.5) is 0 Å². The lowest BCUT2D eigenvalue weighted by atomic mass is 10.2. The van der Waals surface area contributed by atoms with Crippen LogP contribution in [-0.4, -0.2) is 39.3 Å². The van der Waals surface area contributed by atoms with Gasteiger partial charge < -0.3 is 21.1 Å². The van der Waals surface area contributed by atoms with Crippen LogP contribution in [0.2, 0.25) is 0 Å². The van der Waals surface area contributed by atoms with Crippen molar-refractivity contribution in [1.29, 1.82) is 0 Å². The lowest BCUT2D eigenvalue weighted by Gasteiger charge is -2.01. The summed E-state index contributed by atoms with van der Waals surface area (Å²) < 4.78 is 0. The first-order chi connectivity index (χ1) is 6.81. The van der Waals surface area contributed by atoms with Gasteiger partial charge in [-0.15, -0.1) is 0 Å². The molecule has 86 valence electrons. The van der Waals surface area contributed by atoms with Gasteiger partial charge in [0.2, 0.25) is 0 Å². The summed E-state index contributed by atoms with van der Waals surface area (Å²) in [5.41, 5.74) is 5.00. The molecular formula is C8H13NO6. The SMILES string of the molecule is C=CC(=O)O.N[C@@H](CCC(=O)O)C(=O)O. The summed E-state index contributed by atoms with van der Waals surface area (Å²) in [6.07, 6.45) is 0.609. The second kappa shape index (κ2) is 8.70. The third-order valence-electron chi connectivity index (χ3n) is 1.16. The van der Waals surface area contributed by atoms with Gasteiger partial charge >= 0.3 is 17.9 Å². The summed E-state index contributed by atoms with van der Waals surface area (Å²) in [6.45, 7) is 2.96. The third kappa shape index (κ3) is 14.9. The van der Waals surface area contributed by atoms with Gasteiger partial charge in [-0.05, 0) is 6.42 Å². The lowest BCUT2D eigenvalue weighted by molar-refractivity contribution is -0.140. The second-order valence-electron chi connectivity index (χ2n) is 2.42. The zero-order valence-electron chi connectivity index (χ0n) is 7.92. The Morgan fingerprint density at radius 2 is 1.67 bits per heavy atom. The van der Waals surface area contributed by atoms with E-state index in [1.165, 1.54) is 0 Å². The zero-order chi connectivity index (χ0) is 12.4. The highest BCUT2D eigenvalue weighted by Gasteiger charge is 2.12. The summed E-state index contributed by atoms with van der Waals surface area (Å²) in [5, 5.41) is 23.9. The van der Waals surface area contributed by atoms with Gasteiger partial charge in [0.25, 0.3) is 0 Å². The van der Waals surface area contributed by atoms with Crippen LogP contribution < -0.4 is 5.73 Å². The highest BCUT2D eigenvalue weighted by Crippen LogP contribution is 1.93. The van der Waals surface area contributed by atoms with Gasteiger partial charge in [-0.1, -0.05) is 6.58 Å². The Kier molecular flexibility index (Phi) is 9.03. The van der Waals surface area contributed by atoms with E-state index in [2.05, 4.69) is 6.58 Å². The highest BCUT2D eigenvalue weighted by atomic mass is 16.4. The smallest absolute Gasteiger partial charge is 0.327 e. The average Bonchev–Trinajstić information content (AvgIpc) is 2.14. The molecule has 0 aliphatic carbocycles. The van der Waals surface area contributed by atoms with Crippen LogP contribution in [0.25, 0.3) is 0 Å². The van der Waals surface area contributed by atoms with Crippen molar-refractivity contribution in [3.8, 4) is 0 Å². The number of rotatable bonds is 5. The minimum atomic E-state index is -1.17. The van der Waals surface area contributed by atoms with Crippen LogP contribution in [0.3, 0.4) is 0 Å². The van der Waals surface area contributed by atoms with Gasteiger partial charge in [0.05, 0.1) is 0 Å². The maximum absolute atomic E-state index is 9.99. The second-order valence-corrected chi connectivity index (χ2v) is 2.42. The molecule has 0 rings (SSSR count). The summed E-state index contributed by atoms with van der Waals surface area (Å²) >= 11 is 0. The highest BCUT2D eigenvalue weighted by molar-refractivity contribution is 5.78. The van der Waals surface area contributed by atoms with Crippen molar-refractivity contribution in [2.75, 3.05) is 0 Å². The number of carbonyl (C=O) groups is 3. The number of hydrogen-bond donors (Lipinski definition) is 4. The minimum Gasteiger partial charge on any atom is -0.481 e. The molecule has 0 aromatic carbocycles. The van der Waals surface area contributed by atoms with Crippen LogP contribution >= 0.6 is 0 Å². The Hall–Kier alpha value is -1.89. The molecule has 15 heavy (non-hydrogen) atoms. The standard InChI is InChI=1S/C5H9NO4.C3H4O2/c6-3(5(9)10)1-2-4(7)8;1-2-3(4)5/h3H,1-2,6H2,(H,7,8)(H,9,10);2H,1H2,(H,4,5)/t3-;/m0./s1. The van der Waals surface area contributed by atoms with E-state index in [-0.39, 0.29) is 12.8 Å². The Labute approximate surface area is 85.8 Å². The van der Waals surface area contributed by atoms with E-state index < -0.39 is 23.9 Å². The molecule has 0 unspecified atom stereocenters. The van der Waals surface area contributed by atoms with E-state index in [0.29, 0.717) is 0 Å². The van der Waals surface area contributed by atoms with E-state index in [9.17, 15) is 14.4 Å². The number of nitrogens with two attached hydrogens (primary N) is 1. The fourth-order valence-electron chi connectivity index (χ4n) is 0.402. The van der Waals surface area contributed by atoms with Crippen molar-refractivity contribution in [2.45, 2.75) is 18.9 Å². The van der Waals surface area contributed by atoms with Crippen molar-refractivity contribution in [3.05, 3.63) is 12.7 Å². The Balaban J connectivity index is 0. The minimum absolute atomic E-state index is 0.0231. The monoisotopic (exact) mass is 219 g/mol. The van der Waals surface area contributed by atoms with Crippen molar-refractivity contribution in [2.24, 2.45) is 5.73 Å². The van der Waals surface area contributed by atoms with Crippen LogP contribution in [0.15, 0.2) is 12.7 Å². The average molecular weight is 219 g/mol. The van der Waals surface area contributed by atoms with Crippen LogP contribution in [0, 0.1) is 0 Å². The van der Waals surface area contributed by atoms with Gasteiger partial charge in [0.1, 0.15) is 6.04 Å². The quantitative estimate of drug-likeness (QED) is 0.458. The molecule has 0 bridgehead atoms. The molecule has 0 aromatic rings. The van der Waals surface area contributed by atoms with Crippen molar-refractivity contribution in [1.82, 2.24) is 0 Å². The predicted molar refractivity (Wildman–Crippen MR) is 50.3 cm³/mol. The van der Waals surface area contributed by atoms with Gasteiger partial charge in [-0.2, -0.15) is 0 Å². The fraction of sp³-hybridized carbons (Fsp3) is 0.375. The largest absolute Gasteiger partial charge is 0.481 e. The molecule has 5 N–H and O–H groups in total. The first kappa shape index (κ1) is 15.6. The molecule has 1 atom stereocenters. The van der Waals surface area contributed by atoms with Gasteiger partial charge in [-0.25, -0.2) is 4.79 Å². The van der Waals surface area contributed by atoms with Gasteiger partial charge in [0, 0.05) is 12.5 Å². The number of carboxylic acids is 3. The number of aliphatic carboxylic acids is 3. The molecule has 0 heterocycles. The van der Waals surface area contributed by atoms with Crippen molar-refractivity contribution in [3.63, 3.8) is 0 Å². The van der Waals surface area contributed by atoms with E-state index in [1.807, 2.05) is 0 Å². The Morgan fingerprint density at radius 1 is 1.27 bits per heavy atom. The molecule has 0 spiro atoms. The van der Waals surface area contributed by atoms with E-state index in [1.54, 1.807) is 0 Å². The van der Waals surface area contributed by atoms with Gasteiger partial charge in [-0.3, -0.25) is 9.59 Å². The van der Waals surface area contributed by atoms with E-state index in [0.717, 1.165) is 6.08 Å². The van der Waals surface area contributed by atoms with Crippen molar-refractivity contribution >= 4 is 17.9 Å². The molecule has 0 saturated carbocycles. The van der Waals surface area contributed by atoms with Gasteiger partial charge in [0.15, 0.2) is 0 Å². The van der Waals surface area contributed by atoms with Crippen LogP contribution in [-0.2, 0) is 14.4 Å². The van der Waals surface area contributed by atoms with Crippen LogP contribution in [0.5, 0.6) is 0 Å². The molecule has 7 nitrogen and oxygen atoms in total. The lowest BCUT2D eigenvalue weighted by Crippen LogP contribution is -2.30. The summed E-state index contributed by atoms with van der Waals surface area (Å²) in [4.78, 5) is 29.1. The van der Waals surface area contributed by atoms with E-state index >= 15 is 0 Å². The maximum Gasteiger partial charge on any atom is 0.327 e. The number of carboxylic acid groups (broad SMARTS) is 3. The molecule has 0 amide bonds. The Morgan fingerprint density at radius 3 is 1.87 bits per heavy atom. The molecule has 0 radical (unpaired) electrons. The first-order valence-corrected chi connectivity index (χ1v) is 3.86. The Bertz CT molecular complexity index is 250. The predicted octanol–water partition coefficient (Wildman–Crippen LogP) is -0.480.